The van der Waals surface area contributed by atoms with Gasteiger partial charge in [0.15, 0.2) is 0 Å². The van der Waals surface area contributed by atoms with Crippen LogP contribution in [0.5, 0.6) is 0 Å². The van der Waals surface area contributed by atoms with Crippen molar-refractivity contribution < 1.29 is 4.79 Å². The minimum atomic E-state index is -0.0183. The average Bonchev–Trinajstić information content (AvgIpc) is 2.77. The Morgan fingerprint density at radius 1 is 1.22 bits per heavy atom. The number of carbonyl (C=O) groups excluding carboxylic acids is 1. The van der Waals surface area contributed by atoms with Gasteiger partial charge in [-0.2, -0.15) is 0 Å². The van der Waals surface area contributed by atoms with E-state index in [1.807, 2.05) is 42.6 Å². The molecule has 3 rings (SSSR count). The molecule has 1 aliphatic rings. The second-order valence-electron chi connectivity index (χ2n) is 7.23. The van der Waals surface area contributed by atoms with Crippen LogP contribution in [0.3, 0.4) is 0 Å². The summed E-state index contributed by atoms with van der Waals surface area (Å²) in [5.41, 5.74) is 3.63. The lowest BCUT2D eigenvalue weighted by Gasteiger charge is -2.23. The Bertz CT molecular complexity index is 720. The fourth-order valence-corrected chi connectivity index (χ4v) is 3.26. The third kappa shape index (κ3) is 3.00. The van der Waals surface area contributed by atoms with Gasteiger partial charge in [0.25, 0.3) is 0 Å². The van der Waals surface area contributed by atoms with Crippen molar-refractivity contribution in [2.45, 2.75) is 33.1 Å². The lowest BCUT2D eigenvalue weighted by Crippen LogP contribution is -2.30. The summed E-state index contributed by atoms with van der Waals surface area (Å²) in [6.07, 6.45) is 1.89. The molecule has 2 heterocycles. The molecule has 0 saturated heterocycles. The number of fused-ring (bicyclic) bond motifs is 1. The molecule has 3 nitrogen and oxygen atoms in total. The molecule has 1 aliphatic heterocycles. The molecule has 0 aliphatic carbocycles. The van der Waals surface area contributed by atoms with Crippen molar-refractivity contribution in [1.29, 1.82) is 0 Å². The summed E-state index contributed by atoms with van der Waals surface area (Å²) in [6.45, 7) is 10.6. The number of nitrogens with zero attached hydrogens (tertiary/aromatic N) is 2. The highest BCUT2D eigenvalue weighted by molar-refractivity contribution is 6.08. The van der Waals surface area contributed by atoms with Crippen molar-refractivity contribution >= 4 is 11.5 Å². The Morgan fingerprint density at radius 2 is 1.91 bits per heavy atom. The Balaban J connectivity index is 1.99. The molecular formula is C20H23N2O. The SMILES string of the molecule is C[C](C)CN1CC(C)(C)c2cnc(C(=O)c3ccccc3)cc21. The van der Waals surface area contributed by atoms with E-state index in [1.54, 1.807) is 0 Å². The van der Waals surface area contributed by atoms with Crippen molar-refractivity contribution in [3.63, 3.8) is 0 Å². The highest BCUT2D eigenvalue weighted by Gasteiger charge is 2.36. The first kappa shape index (κ1) is 15.7. The zero-order valence-corrected chi connectivity index (χ0v) is 14.3. The first-order valence-corrected chi connectivity index (χ1v) is 8.03. The molecule has 1 aromatic carbocycles. The molecule has 0 atom stereocenters. The second-order valence-corrected chi connectivity index (χ2v) is 7.23. The van der Waals surface area contributed by atoms with E-state index in [1.165, 1.54) is 11.5 Å². The normalized spacial score (nSPS) is 15.8. The summed E-state index contributed by atoms with van der Waals surface area (Å²) >= 11 is 0. The van der Waals surface area contributed by atoms with E-state index < -0.39 is 0 Å². The largest absolute Gasteiger partial charge is 0.370 e. The standard InChI is InChI=1S/C20H23N2O/c1-14(2)12-22-13-20(3,4)16-11-21-17(10-18(16)22)19(23)15-8-6-5-7-9-15/h5-11H,12-13H2,1-4H3. The van der Waals surface area contributed by atoms with E-state index >= 15 is 0 Å². The van der Waals surface area contributed by atoms with E-state index in [2.05, 4.69) is 37.6 Å². The predicted octanol–water partition coefficient (Wildman–Crippen LogP) is 4.02. The highest BCUT2D eigenvalue weighted by atomic mass is 16.1. The molecule has 119 valence electrons. The van der Waals surface area contributed by atoms with Gasteiger partial charge in [-0.25, -0.2) is 0 Å². The number of ketones is 1. The summed E-state index contributed by atoms with van der Waals surface area (Å²) in [6, 6.07) is 11.3. The number of pyridine rings is 1. The van der Waals surface area contributed by atoms with Crippen LogP contribution in [0, 0.1) is 5.92 Å². The number of aromatic nitrogens is 1. The summed E-state index contributed by atoms with van der Waals surface area (Å²) in [5.74, 6) is 1.34. The molecule has 1 radical (unpaired) electrons. The van der Waals surface area contributed by atoms with Crippen LogP contribution in [0.15, 0.2) is 42.6 Å². The highest BCUT2D eigenvalue weighted by Crippen LogP contribution is 2.40. The number of anilines is 1. The van der Waals surface area contributed by atoms with Crippen molar-refractivity contribution in [3.8, 4) is 0 Å². The monoisotopic (exact) mass is 307 g/mol. The summed E-state index contributed by atoms with van der Waals surface area (Å²) in [7, 11) is 0. The van der Waals surface area contributed by atoms with Crippen LogP contribution in [0.4, 0.5) is 5.69 Å². The molecule has 0 spiro atoms. The fraction of sp³-hybridized carbons (Fsp3) is 0.350. The van der Waals surface area contributed by atoms with Gasteiger partial charge in [0, 0.05) is 41.5 Å². The van der Waals surface area contributed by atoms with Gasteiger partial charge in [-0.05, 0) is 12.0 Å². The molecular weight excluding hydrogens is 284 g/mol. The smallest absolute Gasteiger partial charge is 0.211 e. The molecule has 23 heavy (non-hydrogen) atoms. The van der Waals surface area contributed by atoms with E-state index in [9.17, 15) is 4.79 Å². The van der Waals surface area contributed by atoms with Crippen LogP contribution in [-0.2, 0) is 5.41 Å². The Labute approximate surface area is 138 Å². The zero-order valence-electron chi connectivity index (χ0n) is 14.3. The van der Waals surface area contributed by atoms with Gasteiger partial charge >= 0.3 is 0 Å². The zero-order chi connectivity index (χ0) is 16.6. The van der Waals surface area contributed by atoms with E-state index in [0.717, 1.165) is 18.8 Å². The number of rotatable bonds is 4. The number of hydrogen-bond donors (Lipinski definition) is 0. The number of carbonyl (C=O) groups is 1. The van der Waals surface area contributed by atoms with E-state index in [4.69, 9.17) is 0 Å². The fourth-order valence-electron chi connectivity index (χ4n) is 3.26. The molecule has 0 saturated carbocycles. The molecule has 2 aromatic rings. The molecule has 0 amide bonds. The Kier molecular flexibility index (Phi) is 3.97. The third-order valence-electron chi connectivity index (χ3n) is 4.31. The van der Waals surface area contributed by atoms with Crippen LogP contribution in [0.25, 0.3) is 0 Å². The average molecular weight is 307 g/mol. The van der Waals surface area contributed by atoms with Crippen molar-refractivity contribution in [2.75, 3.05) is 18.0 Å². The third-order valence-corrected chi connectivity index (χ3v) is 4.31. The van der Waals surface area contributed by atoms with Crippen LogP contribution in [-0.4, -0.2) is 23.9 Å². The minimum Gasteiger partial charge on any atom is -0.370 e. The first-order valence-electron chi connectivity index (χ1n) is 8.03. The lowest BCUT2D eigenvalue weighted by atomic mass is 9.88. The Hall–Kier alpha value is -2.16. The molecule has 0 fully saturated rings. The van der Waals surface area contributed by atoms with Crippen LogP contribution < -0.4 is 4.90 Å². The summed E-state index contributed by atoms with van der Waals surface area (Å²) < 4.78 is 0. The predicted molar refractivity (Wildman–Crippen MR) is 93.9 cm³/mol. The van der Waals surface area contributed by atoms with Crippen molar-refractivity contribution in [2.24, 2.45) is 0 Å². The molecule has 3 heteroatoms. The lowest BCUT2D eigenvalue weighted by molar-refractivity contribution is 0.103. The van der Waals surface area contributed by atoms with Gasteiger partial charge in [0.2, 0.25) is 5.78 Å². The number of benzene rings is 1. The van der Waals surface area contributed by atoms with E-state index in [0.29, 0.717) is 11.3 Å². The number of hydrogen-bond acceptors (Lipinski definition) is 3. The summed E-state index contributed by atoms with van der Waals surface area (Å²) in [5, 5.41) is 0. The maximum absolute atomic E-state index is 12.7. The van der Waals surface area contributed by atoms with Gasteiger partial charge in [-0.1, -0.05) is 58.0 Å². The van der Waals surface area contributed by atoms with Crippen LogP contribution >= 0.6 is 0 Å². The minimum absolute atomic E-state index is 0.0183. The molecule has 0 bridgehead atoms. The van der Waals surface area contributed by atoms with Crippen LogP contribution in [0.1, 0.15) is 49.3 Å². The Morgan fingerprint density at radius 3 is 2.57 bits per heavy atom. The first-order chi connectivity index (χ1) is 10.9. The van der Waals surface area contributed by atoms with Crippen LogP contribution in [0.2, 0.25) is 0 Å². The van der Waals surface area contributed by atoms with Gasteiger partial charge in [-0.15, -0.1) is 0 Å². The maximum Gasteiger partial charge on any atom is 0.211 e. The van der Waals surface area contributed by atoms with Gasteiger partial charge in [0.1, 0.15) is 5.69 Å². The topological polar surface area (TPSA) is 33.2 Å². The summed E-state index contributed by atoms with van der Waals surface area (Å²) in [4.78, 5) is 19.5. The molecule has 1 aromatic heterocycles. The second kappa shape index (κ2) is 5.80. The quantitative estimate of drug-likeness (QED) is 0.800. The van der Waals surface area contributed by atoms with Gasteiger partial charge in [-0.3, -0.25) is 9.78 Å². The molecule has 0 N–H and O–H groups in total. The van der Waals surface area contributed by atoms with Crippen molar-refractivity contribution in [1.82, 2.24) is 4.98 Å². The van der Waals surface area contributed by atoms with Gasteiger partial charge in [0.05, 0.1) is 0 Å². The van der Waals surface area contributed by atoms with E-state index in [-0.39, 0.29) is 11.2 Å². The van der Waals surface area contributed by atoms with Gasteiger partial charge < -0.3 is 4.90 Å². The molecule has 0 unspecified atom stereocenters. The maximum atomic E-state index is 12.7. The van der Waals surface area contributed by atoms with Crippen molar-refractivity contribution in [3.05, 3.63) is 65.3 Å².